The van der Waals surface area contributed by atoms with Crippen LogP contribution >= 0.6 is 0 Å². The Balaban J connectivity index is 2.61. The normalized spacial score (nSPS) is 10.0. The van der Waals surface area contributed by atoms with Gasteiger partial charge in [-0.2, -0.15) is 0 Å². The van der Waals surface area contributed by atoms with E-state index in [9.17, 15) is 4.79 Å². The smallest absolute Gasteiger partial charge is 0.150 e. The van der Waals surface area contributed by atoms with Gasteiger partial charge in [0, 0.05) is 5.56 Å². The van der Waals surface area contributed by atoms with E-state index >= 15 is 0 Å². The Morgan fingerprint density at radius 3 is 2.93 bits per heavy atom. The summed E-state index contributed by atoms with van der Waals surface area (Å²) in [6, 6.07) is 7.09. The van der Waals surface area contributed by atoms with Crippen LogP contribution < -0.4 is 0 Å². The molecule has 0 unspecified atom stereocenters. The highest BCUT2D eigenvalue weighted by Crippen LogP contribution is 2.00. The average Bonchev–Trinajstić information content (AvgIpc) is 2.25. The first-order chi connectivity index (χ1) is 6.86. The topological polar surface area (TPSA) is 38.7 Å². The van der Waals surface area contributed by atoms with Crippen LogP contribution in [0, 0.1) is 0 Å². The number of rotatable bonds is 5. The maximum atomic E-state index is 10.4. The van der Waals surface area contributed by atoms with Gasteiger partial charge in [0.15, 0.2) is 0 Å². The number of hydrogen-bond donors (Lipinski definition) is 0. The molecule has 0 aliphatic heterocycles. The van der Waals surface area contributed by atoms with E-state index in [1.807, 2.05) is 6.07 Å². The van der Waals surface area contributed by atoms with Crippen molar-refractivity contribution in [1.29, 1.82) is 0 Å². The van der Waals surface area contributed by atoms with Gasteiger partial charge in [-0.05, 0) is 11.6 Å². The molecule has 14 heavy (non-hydrogen) atoms. The third kappa shape index (κ3) is 3.23. The Labute approximate surface area is 82.7 Å². The number of oxime groups is 1. The number of aldehydes is 1. The molecule has 0 bridgehead atoms. The molecule has 3 nitrogen and oxygen atoms in total. The number of hydrogen-bond acceptors (Lipinski definition) is 3. The van der Waals surface area contributed by atoms with Gasteiger partial charge in [-0.3, -0.25) is 4.79 Å². The predicted octanol–water partition coefficient (Wildman–Crippen LogP) is 2.04. The molecule has 0 spiro atoms. The fourth-order valence-electron chi connectivity index (χ4n) is 0.906. The molecule has 72 valence electrons. The van der Waals surface area contributed by atoms with Crippen LogP contribution in [-0.4, -0.2) is 19.1 Å². The summed E-state index contributed by atoms with van der Waals surface area (Å²) < 4.78 is 0. The highest BCUT2D eigenvalue weighted by Gasteiger charge is 1.90. The Morgan fingerprint density at radius 1 is 1.43 bits per heavy atom. The molecule has 0 saturated carbocycles. The number of carbonyl (C=O) groups is 1. The van der Waals surface area contributed by atoms with E-state index in [1.165, 1.54) is 0 Å². The largest absolute Gasteiger partial charge is 0.392 e. The number of benzene rings is 1. The van der Waals surface area contributed by atoms with Crippen molar-refractivity contribution in [2.45, 2.75) is 0 Å². The minimum Gasteiger partial charge on any atom is -0.392 e. The molecule has 1 rings (SSSR count). The van der Waals surface area contributed by atoms with Gasteiger partial charge in [-0.15, -0.1) is 0 Å². The summed E-state index contributed by atoms with van der Waals surface area (Å²) in [6.07, 6.45) is 3.96. The van der Waals surface area contributed by atoms with Crippen LogP contribution in [-0.2, 0) is 4.84 Å². The summed E-state index contributed by atoms with van der Waals surface area (Å²) in [4.78, 5) is 15.3. The summed E-state index contributed by atoms with van der Waals surface area (Å²) >= 11 is 0. The molecule has 0 radical (unpaired) electrons. The Hall–Kier alpha value is -1.90. The second-order valence-electron chi connectivity index (χ2n) is 2.61. The molecule has 0 heterocycles. The quantitative estimate of drug-likeness (QED) is 0.234. The van der Waals surface area contributed by atoms with Gasteiger partial charge in [0.25, 0.3) is 0 Å². The van der Waals surface area contributed by atoms with E-state index in [4.69, 9.17) is 4.84 Å². The van der Waals surface area contributed by atoms with Crippen LogP contribution in [0.2, 0.25) is 0 Å². The van der Waals surface area contributed by atoms with E-state index in [0.29, 0.717) is 12.2 Å². The van der Waals surface area contributed by atoms with Gasteiger partial charge in [-0.1, -0.05) is 36.0 Å². The first kappa shape index (κ1) is 10.2. The fraction of sp³-hybridized carbons (Fsp3) is 0.0909. The molecule has 1 aromatic rings. The zero-order chi connectivity index (χ0) is 10.2. The van der Waals surface area contributed by atoms with Gasteiger partial charge in [0.05, 0.1) is 6.21 Å². The van der Waals surface area contributed by atoms with Gasteiger partial charge < -0.3 is 4.84 Å². The van der Waals surface area contributed by atoms with Crippen molar-refractivity contribution >= 4 is 12.5 Å². The standard InChI is InChI=1S/C11H11NO2/c1-2-6-14-12-8-10-4-3-5-11(7-10)9-13/h2-5,7-9H,1,6H2/b12-8+. The van der Waals surface area contributed by atoms with E-state index < -0.39 is 0 Å². The SMILES string of the molecule is C=CCO/N=C/c1cccc(C=O)c1. The monoisotopic (exact) mass is 189 g/mol. The maximum Gasteiger partial charge on any atom is 0.150 e. The van der Waals surface area contributed by atoms with Crippen LogP contribution in [0.5, 0.6) is 0 Å². The summed E-state index contributed by atoms with van der Waals surface area (Å²) in [6.45, 7) is 3.87. The molecule has 0 aliphatic carbocycles. The molecule has 3 heteroatoms. The lowest BCUT2D eigenvalue weighted by atomic mass is 10.1. The average molecular weight is 189 g/mol. The van der Waals surface area contributed by atoms with E-state index in [0.717, 1.165) is 11.8 Å². The van der Waals surface area contributed by atoms with E-state index in [-0.39, 0.29) is 0 Å². The minimum atomic E-state index is 0.379. The lowest BCUT2D eigenvalue weighted by molar-refractivity contribution is 0.112. The molecular weight excluding hydrogens is 178 g/mol. The number of nitrogens with zero attached hydrogens (tertiary/aromatic N) is 1. The Bertz CT molecular complexity index is 345. The van der Waals surface area contributed by atoms with Crippen LogP contribution in [0.3, 0.4) is 0 Å². The van der Waals surface area contributed by atoms with Crippen LogP contribution in [0.1, 0.15) is 15.9 Å². The van der Waals surface area contributed by atoms with Crippen molar-refractivity contribution in [3.63, 3.8) is 0 Å². The predicted molar refractivity (Wildman–Crippen MR) is 55.6 cm³/mol. The molecule has 0 amide bonds. The number of carbonyl (C=O) groups excluding carboxylic acids is 1. The van der Waals surface area contributed by atoms with E-state index in [2.05, 4.69) is 11.7 Å². The summed E-state index contributed by atoms with van der Waals surface area (Å²) in [5, 5.41) is 3.69. The van der Waals surface area contributed by atoms with Crippen LogP contribution in [0.15, 0.2) is 42.1 Å². The third-order valence-corrected chi connectivity index (χ3v) is 1.52. The molecular formula is C11H11NO2. The second kappa shape index (κ2) is 5.70. The molecule has 0 saturated heterocycles. The van der Waals surface area contributed by atoms with Gasteiger partial charge in [-0.25, -0.2) is 0 Å². The minimum absolute atomic E-state index is 0.379. The van der Waals surface area contributed by atoms with E-state index in [1.54, 1.807) is 30.5 Å². The lowest BCUT2D eigenvalue weighted by Crippen LogP contribution is -1.87. The second-order valence-corrected chi connectivity index (χ2v) is 2.61. The molecule has 0 fully saturated rings. The molecule has 0 N–H and O–H groups in total. The Kier molecular flexibility index (Phi) is 4.14. The zero-order valence-electron chi connectivity index (χ0n) is 7.72. The van der Waals surface area contributed by atoms with Crippen molar-refractivity contribution in [2.75, 3.05) is 6.61 Å². The van der Waals surface area contributed by atoms with Crippen molar-refractivity contribution in [3.05, 3.63) is 48.0 Å². The Morgan fingerprint density at radius 2 is 2.21 bits per heavy atom. The van der Waals surface area contributed by atoms with Gasteiger partial charge in [0.2, 0.25) is 0 Å². The lowest BCUT2D eigenvalue weighted by Gasteiger charge is -1.94. The highest BCUT2D eigenvalue weighted by molar-refractivity contribution is 5.83. The first-order valence-electron chi connectivity index (χ1n) is 4.18. The van der Waals surface area contributed by atoms with Crippen LogP contribution in [0.25, 0.3) is 0 Å². The third-order valence-electron chi connectivity index (χ3n) is 1.52. The van der Waals surface area contributed by atoms with Crippen molar-refractivity contribution in [2.24, 2.45) is 5.16 Å². The first-order valence-corrected chi connectivity index (χ1v) is 4.18. The van der Waals surface area contributed by atoms with Gasteiger partial charge in [0.1, 0.15) is 12.9 Å². The van der Waals surface area contributed by atoms with Crippen molar-refractivity contribution < 1.29 is 9.63 Å². The summed E-state index contributed by atoms with van der Waals surface area (Å²) in [7, 11) is 0. The maximum absolute atomic E-state index is 10.4. The van der Waals surface area contributed by atoms with Crippen molar-refractivity contribution in [1.82, 2.24) is 0 Å². The molecule has 0 aliphatic rings. The highest BCUT2D eigenvalue weighted by atomic mass is 16.6. The summed E-state index contributed by atoms with van der Waals surface area (Å²) in [5.41, 5.74) is 1.45. The molecule has 1 aromatic carbocycles. The molecule has 0 aromatic heterocycles. The van der Waals surface area contributed by atoms with Gasteiger partial charge >= 0.3 is 0 Å². The fourth-order valence-corrected chi connectivity index (χ4v) is 0.906. The zero-order valence-corrected chi connectivity index (χ0v) is 7.72. The molecule has 0 atom stereocenters. The summed E-state index contributed by atoms with van der Waals surface area (Å²) in [5.74, 6) is 0. The van der Waals surface area contributed by atoms with Crippen LogP contribution in [0.4, 0.5) is 0 Å². The van der Waals surface area contributed by atoms with Crippen molar-refractivity contribution in [3.8, 4) is 0 Å².